The van der Waals surface area contributed by atoms with Crippen LogP contribution in [-0.2, 0) is 6.42 Å². The highest BCUT2D eigenvalue weighted by Gasteiger charge is 2.72. The molecule has 1 saturated heterocycles. The maximum absolute atomic E-state index is 9.91. The molecule has 0 radical (unpaired) electrons. The van der Waals surface area contributed by atoms with E-state index in [1.165, 1.54) is 17.7 Å². The average Bonchev–Trinajstić information content (AvgIpc) is 2.74. The van der Waals surface area contributed by atoms with Crippen molar-refractivity contribution >= 4 is 17.1 Å². The van der Waals surface area contributed by atoms with E-state index in [-0.39, 0.29) is 10.8 Å². The van der Waals surface area contributed by atoms with Gasteiger partial charge in [0.25, 0.3) is 5.71 Å². The molecule has 0 spiro atoms. The summed E-state index contributed by atoms with van der Waals surface area (Å²) in [6.07, 6.45) is 5.38. The summed E-state index contributed by atoms with van der Waals surface area (Å²) in [7, 11) is 1.68. The maximum atomic E-state index is 9.91. The van der Waals surface area contributed by atoms with Gasteiger partial charge in [0, 0.05) is 24.8 Å². The zero-order valence-corrected chi connectivity index (χ0v) is 19.6. The number of piperidine rings is 1. The van der Waals surface area contributed by atoms with E-state index in [0.717, 1.165) is 50.2 Å². The standard InChI is InChI=1S/C25H38N4O/c1-7-16-12-18(26)20(30-6)13-19(16)29-10-8-17(9-11-29)25(5)21-14-24(4,23(21,2)3)15-22(25)28-27/h12-13,17,21H,7-11,14-15,26H2,1-6H3. The smallest absolute Gasteiger partial charge is 0.275 e. The number of methoxy groups -OCH3 is 1. The quantitative estimate of drug-likeness (QED) is 0.422. The minimum atomic E-state index is -0.00546. The first kappa shape index (κ1) is 21.2. The molecule has 5 nitrogen and oxygen atoms in total. The normalized spacial score (nSPS) is 33.1. The molecule has 3 aliphatic carbocycles. The van der Waals surface area contributed by atoms with Gasteiger partial charge in [0.1, 0.15) is 5.75 Å². The van der Waals surface area contributed by atoms with E-state index in [1.807, 2.05) is 0 Å². The number of rotatable bonds is 4. The molecule has 1 aromatic rings. The monoisotopic (exact) mass is 410 g/mol. The number of ether oxygens (including phenoxy) is 1. The number of anilines is 2. The fourth-order valence-electron chi connectivity index (χ4n) is 7.05. The number of hydrogen-bond donors (Lipinski definition) is 1. The first-order chi connectivity index (χ1) is 14.1. The van der Waals surface area contributed by atoms with Crippen LogP contribution in [0.5, 0.6) is 5.75 Å². The molecule has 1 aromatic carbocycles. The molecule has 3 unspecified atom stereocenters. The molecular formula is C25H38N4O. The third kappa shape index (κ3) is 2.74. The summed E-state index contributed by atoms with van der Waals surface area (Å²) in [6.45, 7) is 13.8. The third-order valence-corrected chi connectivity index (χ3v) is 9.60. The fourth-order valence-corrected chi connectivity index (χ4v) is 7.05. The Morgan fingerprint density at radius 2 is 1.87 bits per heavy atom. The van der Waals surface area contributed by atoms with Crippen molar-refractivity contribution in [3.05, 3.63) is 23.2 Å². The lowest BCUT2D eigenvalue weighted by atomic mass is 9.32. The van der Waals surface area contributed by atoms with Gasteiger partial charge in [-0.1, -0.05) is 27.7 Å². The third-order valence-electron chi connectivity index (χ3n) is 9.60. The number of nitrogens with zero attached hydrogens (tertiary/aromatic N) is 3. The molecule has 30 heavy (non-hydrogen) atoms. The van der Waals surface area contributed by atoms with E-state index >= 15 is 0 Å². The highest BCUT2D eigenvalue weighted by atomic mass is 16.5. The van der Waals surface area contributed by atoms with Crippen molar-refractivity contribution in [3.8, 4) is 5.75 Å². The Balaban J connectivity index is 1.57. The molecule has 164 valence electrons. The zero-order valence-electron chi connectivity index (χ0n) is 19.6. The number of nitrogen functional groups attached to an aromatic ring is 1. The number of nitrogens with two attached hydrogens (primary N) is 1. The van der Waals surface area contributed by atoms with Gasteiger partial charge in [-0.15, -0.1) is 0 Å². The van der Waals surface area contributed by atoms with Crippen LogP contribution in [0.15, 0.2) is 12.1 Å². The van der Waals surface area contributed by atoms with E-state index in [1.54, 1.807) is 7.11 Å². The van der Waals surface area contributed by atoms with Gasteiger partial charge in [-0.2, -0.15) is 4.79 Å². The van der Waals surface area contributed by atoms with Gasteiger partial charge in [-0.05, 0) is 66.9 Å². The Bertz CT molecular complexity index is 895. The molecule has 5 heteroatoms. The Kier molecular flexibility index (Phi) is 4.97. The van der Waals surface area contributed by atoms with Crippen LogP contribution in [0.2, 0.25) is 0 Å². The molecule has 3 saturated carbocycles. The summed E-state index contributed by atoms with van der Waals surface area (Å²) in [5, 5.41) is 0. The maximum Gasteiger partial charge on any atom is 0.275 e. The second-order valence-electron chi connectivity index (χ2n) is 10.9. The summed E-state index contributed by atoms with van der Waals surface area (Å²) < 4.78 is 5.49. The molecule has 0 amide bonds. The Morgan fingerprint density at radius 3 is 2.40 bits per heavy atom. The van der Waals surface area contributed by atoms with Gasteiger partial charge in [0.15, 0.2) is 0 Å². The molecule has 4 aliphatic rings. The van der Waals surface area contributed by atoms with Crippen molar-refractivity contribution in [1.29, 1.82) is 0 Å². The van der Waals surface area contributed by atoms with Crippen LogP contribution in [0, 0.1) is 28.1 Å². The van der Waals surface area contributed by atoms with E-state index in [2.05, 4.69) is 56.4 Å². The van der Waals surface area contributed by atoms with Gasteiger partial charge in [-0.25, -0.2) is 0 Å². The minimum Gasteiger partial charge on any atom is -0.495 e. The highest BCUT2D eigenvalue weighted by Crippen LogP contribution is 2.73. The van der Waals surface area contributed by atoms with Crippen LogP contribution in [-0.4, -0.2) is 30.7 Å². The number of fused-ring (bicyclic) bond motifs is 2. The van der Waals surface area contributed by atoms with Crippen molar-refractivity contribution in [2.45, 2.75) is 66.7 Å². The Morgan fingerprint density at radius 1 is 1.20 bits per heavy atom. The fraction of sp³-hybridized carbons (Fsp3) is 0.720. The van der Waals surface area contributed by atoms with Crippen molar-refractivity contribution in [1.82, 2.24) is 0 Å². The summed E-state index contributed by atoms with van der Waals surface area (Å²) in [6, 6.07) is 4.18. The van der Waals surface area contributed by atoms with Gasteiger partial charge in [0.05, 0.1) is 24.6 Å². The molecule has 5 rings (SSSR count). The molecule has 2 N–H and O–H groups in total. The van der Waals surface area contributed by atoms with Crippen molar-refractivity contribution in [3.63, 3.8) is 0 Å². The second-order valence-corrected chi connectivity index (χ2v) is 10.9. The van der Waals surface area contributed by atoms with Crippen LogP contribution in [0.1, 0.15) is 65.9 Å². The Labute approximate surface area is 181 Å². The lowest BCUT2D eigenvalue weighted by Crippen LogP contribution is -2.69. The van der Waals surface area contributed by atoms with Crippen molar-refractivity contribution in [2.75, 3.05) is 30.8 Å². The summed E-state index contributed by atoms with van der Waals surface area (Å²) in [5.74, 6) is 1.90. The van der Waals surface area contributed by atoms with Gasteiger partial charge in [-0.3, -0.25) is 0 Å². The topological polar surface area (TPSA) is 74.9 Å². The first-order valence-corrected chi connectivity index (χ1v) is 11.5. The molecule has 4 fully saturated rings. The van der Waals surface area contributed by atoms with Gasteiger partial charge in [0.2, 0.25) is 0 Å². The Hall–Kier alpha value is -2.00. The second kappa shape index (κ2) is 7.02. The van der Waals surface area contributed by atoms with Crippen LogP contribution in [0.4, 0.5) is 11.4 Å². The van der Waals surface area contributed by atoms with Crippen molar-refractivity contribution in [2.24, 2.45) is 28.1 Å². The van der Waals surface area contributed by atoms with Crippen molar-refractivity contribution < 1.29 is 9.53 Å². The van der Waals surface area contributed by atoms with Gasteiger partial charge >= 0.3 is 0 Å². The lowest BCUT2D eigenvalue weighted by Gasteiger charge is -2.69. The zero-order chi connectivity index (χ0) is 21.9. The number of aryl methyl sites for hydroxylation is 1. The molecule has 3 atom stereocenters. The summed E-state index contributed by atoms with van der Waals surface area (Å²) >= 11 is 0. The predicted molar refractivity (Wildman–Crippen MR) is 123 cm³/mol. The SMILES string of the molecule is CCc1cc(N)c(OC)cc1N1CCC(C2(C)C(=[N+]=[N-])CC3(C)CC2C3(C)C)CC1. The largest absolute Gasteiger partial charge is 0.495 e. The van der Waals surface area contributed by atoms with E-state index in [9.17, 15) is 5.53 Å². The molecular weight excluding hydrogens is 372 g/mol. The van der Waals surface area contributed by atoms with E-state index < -0.39 is 0 Å². The molecule has 0 aromatic heterocycles. The average molecular weight is 411 g/mol. The van der Waals surface area contributed by atoms with Crippen LogP contribution in [0.3, 0.4) is 0 Å². The lowest BCUT2D eigenvalue weighted by molar-refractivity contribution is -0.199. The van der Waals surface area contributed by atoms with E-state index in [0.29, 0.717) is 22.9 Å². The molecule has 2 bridgehead atoms. The van der Waals surface area contributed by atoms with Crippen LogP contribution < -0.4 is 15.4 Å². The number of benzene rings is 1. The minimum absolute atomic E-state index is 0.00546. The molecule has 1 aliphatic heterocycles. The van der Waals surface area contributed by atoms with Crippen LogP contribution >= 0.6 is 0 Å². The highest BCUT2D eigenvalue weighted by molar-refractivity contribution is 5.89. The first-order valence-electron chi connectivity index (χ1n) is 11.5. The predicted octanol–water partition coefficient (Wildman–Crippen LogP) is 5.19. The van der Waals surface area contributed by atoms with Crippen LogP contribution in [0.25, 0.3) is 5.53 Å². The number of hydrogen-bond acceptors (Lipinski definition) is 3. The van der Waals surface area contributed by atoms with E-state index in [4.69, 9.17) is 10.5 Å². The summed E-state index contributed by atoms with van der Waals surface area (Å²) in [5.41, 5.74) is 20.9. The summed E-state index contributed by atoms with van der Waals surface area (Å²) in [4.78, 5) is 6.37. The molecule has 1 heterocycles. The van der Waals surface area contributed by atoms with Gasteiger partial charge < -0.3 is 20.9 Å².